The zero-order valence-electron chi connectivity index (χ0n) is 15.5. The van der Waals surface area contributed by atoms with E-state index in [2.05, 4.69) is 76.0 Å². The molecule has 1 aromatic carbocycles. The number of rotatable bonds is 6. The largest absolute Gasteiger partial charge is 0.350 e. The molecular weight excluding hydrogens is 374 g/mol. The molecule has 27 heavy (non-hydrogen) atoms. The predicted octanol–water partition coefficient (Wildman–Crippen LogP) is 5.31. The number of benzene rings is 1. The molecule has 1 N–H and O–H groups in total. The van der Waals surface area contributed by atoms with Gasteiger partial charge < -0.3 is 5.32 Å². The normalized spacial score (nSPS) is 11.4. The SMILES string of the molecule is CSc1nc(NCc2ccccc2-c2cccs2)n2ncc(C(C)C)c2n1. The highest BCUT2D eigenvalue weighted by atomic mass is 32.2. The van der Waals surface area contributed by atoms with Crippen LogP contribution in [0.4, 0.5) is 5.95 Å². The van der Waals surface area contributed by atoms with E-state index in [4.69, 9.17) is 0 Å². The van der Waals surface area contributed by atoms with Crippen molar-refractivity contribution in [1.29, 1.82) is 0 Å². The fourth-order valence-electron chi connectivity index (χ4n) is 3.01. The van der Waals surface area contributed by atoms with Crippen LogP contribution in [-0.4, -0.2) is 25.8 Å². The highest BCUT2D eigenvalue weighted by Crippen LogP contribution is 2.29. The number of thioether (sulfide) groups is 1. The summed E-state index contributed by atoms with van der Waals surface area (Å²) in [5, 5.41) is 10.9. The van der Waals surface area contributed by atoms with Crippen LogP contribution >= 0.6 is 23.1 Å². The van der Waals surface area contributed by atoms with Crippen LogP contribution in [0.2, 0.25) is 0 Å². The van der Waals surface area contributed by atoms with Crippen LogP contribution in [0.5, 0.6) is 0 Å². The van der Waals surface area contributed by atoms with Crippen LogP contribution in [0.1, 0.15) is 30.9 Å². The second-order valence-corrected chi connectivity index (χ2v) is 8.23. The average Bonchev–Trinajstić information content (AvgIpc) is 3.36. The molecule has 5 nitrogen and oxygen atoms in total. The Bertz CT molecular complexity index is 1050. The molecule has 0 radical (unpaired) electrons. The lowest BCUT2D eigenvalue weighted by atomic mass is 10.1. The molecule has 0 aliphatic rings. The second-order valence-electron chi connectivity index (χ2n) is 6.51. The van der Waals surface area contributed by atoms with Crippen LogP contribution in [0, 0.1) is 0 Å². The number of hydrogen-bond donors (Lipinski definition) is 1. The Labute approximate surface area is 166 Å². The van der Waals surface area contributed by atoms with E-state index in [1.54, 1.807) is 23.1 Å². The molecule has 0 aliphatic carbocycles. The van der Waals surface area contributed by atoms with Crippen molar-refractivity contribution in [3.05, 3.63) is 59.1 Å². The summed E-state index contributed by atoms with van der Waals surface area (Å²) in [5.41, 5.74) is 4.49. The van der Waals surface area contributed by atoms with E-state index in [9.17, 15) is 0 Å². The van der Waals surface area contributed by atoms with Gasteiger partial charge in [-0.15, -0.1) is 11.3 Å². The van der Waals surface area contributed by atoms with E-state index < -0.39 is 0 Å². The van der Waals surface area contributed by atoms with E-state index in [0.717, 1.165) is 22.3 Å². The molecule has 4 aromatic rings. The first-order valence-corrected chi connectivity index (χ1v) is 10.9. The van der Waals surface area contributed by atoms with Gasteiger partial charge in [0.1, 0.15) is 0 Å². The van der Waals surface area contributed by atoms with Gasteiger partial charge in [-0.1, -0.05) is 55.9 Å². The van der Waals surface area contributed by atoms with E-state index in [-0.39, 0.29) is 0 Å². The van der Waals surface area contributed by atoms with E-state index >= 15 is 0 Å². The highest BCUT2D eigenvalue weighted by Gasteiger charge is 2.15. The Morgan fingerprint density at radius 3 is 2.74 bits per heavy atom. The molecule has 0 atom stereocenters. The van der Waals surface area contributed by atoms with Gasteiger partial charge in [0.15, 0.2) is 10.8 Å². The summed E-state index contributed by atoms with van der Waals surface area (Å²) in [6.45, 7) is 4.98. The Balaban J connectivity index is 1.69. The molecule has 0 bridgehead atoms. The van der Waals surface area contributed by atoms with Crippen LogP contribution in [0.3, 0.4) is 0 Å². The number of nitrogens with one attached hydrogen (secondary N) is 1. The minimum absolute atomic E-state index is 0.361. The Morgan fingerprint density at radius 2 is 2.00 bits per heavy atom. The van der Waals surface area contributed by atoms with Crippen molar-refractivity contribution in [2.75, 3.05) is 11.6 Å². The highest BCUT2D eigenvalue weighted by molar-refractivity contribution is 7.98. The molecule has 7 heteroatoms. The molecule has 0 saturated heterocycles. The molecular formula is C20H21N5S2. The van der Waals surface area contributed by atoms with Crippen molar-refractivity contribution in [2.24, 2.45) is 0 Å². The van der Waals surface area contributed by atoms with Crippen LogP contribution < -0.4 is 5.32 Å². The van der Waals surface area contributed by atoms with E-state index in [1.165, 1.54) is 16.0 Å². The van der Waals surface area contributed by atoms with Crippen LogP contribution in [-0.2, 0) is 6.54 Å². The van der Waals surface area contributed by atoms with Gasteiger partial charge in [-0.05, 0) is 34.7 Å². The van der Waals surface area contributed by atoms with Gasteiger partial charge in [-0.3, -0.25) is 0 Å². The molecule has 0 spiro atoms. The fraction of sp³-hybridized carbons (Fsp3) is 0.250. The first-order valence-electron chi connectivity index (χ1n) is 8.82. The van der Waals surface area contributed by atoms with E-state index in [1.807, 2.05) is 17.0 Å². The van der Waals surface area contributed by atoms with Gasteiger partial charge in [-0.2, -0.15) is 14.6 Å². The summed E-state index contributed by atoms with van der Waals surface area (Å²) in [4.78, 5) is 10.6. The Kier molecular flexibility index (Phi) is 5.13. The van der Waals surface area contributed by atoms with Crippen molar-refractivity contribution < 1.29 is 0 Å². The van der Waals surface area contributed by atoms with Crippen molar-refractivity contribution in [3.8, 4) is 10.4 Å². The zero-order valence-corrected chi connectivity index (χ0v) is 17.1. The Morgan fingerprint density at radius 1 is 1.15 bits per heavy atom. The second kappa shape index (κ2) is 7.70. The number of fused-ring (bicyclic) bond motifs is 1. The lowest BCUT2D eigenvalue weighted by Gasteiger charge is -2.12. The maximum Gasteiger partial charge on any atom is 0.228 e. The smallest absolute Gasteiger partial charge is 0.228 e. The molecule has 4 rings (SSSR count). The fourth-order valence-corrected chi connectivity index (χ4v) is 4.15. The standard InChI is InChI=1S/C20H21N5S2/c1-13(2)16-12-22-25-18(16)23-20(26-3)24-19(25)21-11-14-7-4-5-8-15(14)17-9-6-10-27-17/h4-10,12-13H,11H2,1-3H3,(H,21,23,24). The van der Waals surface area contributed by atoms with Crippen molar-refractivity contribution >= 4 is 34.7 Å². The molecule has 0 fully saturated rings. The van der Waals surface area contributed by atoms with Gasteiger partial charge in [0, 0.05) is 17.0 Å². The summed E-state index contributed by atoms with van der Waals surface area (Å²) in [7, 11) is 0. The quantitative estimate of drug-likeness (QED) is 0.448. The molecule has 138 valence electrons. The van der Waals surface area contributed by atoms with Crippen molar-refractivity contribution in [3.63, 3.8) is 0 Å². The van der Waals surface area contributed by atoms with Crippen LogP contribution in [0.15, 0.2) is 53.1 Å². The number of thiophene rings is 1. The summed E-state index contributed by atoms with van der Waals surface area (Å²) < 4.78 is 1.81. The average molecular weight is 396 g/mol. The van der Waals surface area contributed by atoms with Gasteiger partial charge in [0.25, 0.3) is 0 Å². The monoisotopic (exact) mass is 395 g/mol. The maximum absolute atomic E-state index is 4.66. The molecule has 3 aromatic heterocycles. The summed E-state index contributed by atoms with van der Waals surface area (Å²) in [5.74, 6) is 1.08. The van der Waals surface area contributed by atoms with Gasteiger partial charge in [0.2, 0.25) is 5.95 Å². The Hall–Kier alpha value is -2.38. The molecule has 0 saturated carbocycles. The molecule has 0 amide bonds. The molecule has 0 aliphatic heterocycles. The number of nitrogens with zero attached hydrogens (tertiary/aromatic N) is 4. The molecule has 3 heterocycles. The third-order valence-electron chi connectivity index (χ3n) is 4.42. The zero-order chi connectivity index (χ0) is 18.8. The number of hydrogen-bond acceptors (Lipinski definition) is 6. The third kappa shape index (κ3) is 3.57. The number of anilines is 1. The van der Waals surface area contributed by atoms with Crippen molar-refractivity contribution in [1.82, 2.24) is 19.6 Å². The minimum Gasteiger partial charge on any atom is -0.350 e. The van der Waals surface area contributed by atoms with Gasteiger partial charge >= 0.3 is 0 Å². The maximum atomic E-state index is 4.66. The first kappa shape index (κ1) is 18.0. The lowest BCUT2D eigenvalue weighted by Crippen LogP contribution is -2.10. The van der Waals surface area contributed by atoms with E-state index in [0.29, 0.717) is 12.5 Å². The van der Waals surface area contributed by atoms with Gasteiger partial charge in [-0.25, -0.2) is 4.98 Å². The summed E-state index contributed by atoms with van der Waals surface area (Å²) >= 11 is 3.30. The van der Waals surface area contributed by atoms with Crippen LogP contribution in [0.25, 0.3) is 16.1 Å². The third-order valence-corrected chi connectivity index (χ3v) is 5.87. The minimum atomic E-state index is 0.361. The number of aromatic nitrogens is 4. The topological polar surface area (TPSA) is 55.1 Å². The lowest BCUT2D eigenvalue weighted by molar-refractivity contribution is 0.824. The van der Waals surface area contributed by atoms with Gasteiger partial charge in [0.05, 0.1) is 6.20 Å². The summed E-state index contributed by atoms with van der Waals surface area (Å²) in [6, 6.07) is 12.7. The molecule has 0 unspecified atom stereocenters. The first-order chi connectivity index (χ1) is 13.2. The predicted molar refractivity (Wildman–Crippen MR) is 114 cm³/mol. The van der Waals surface area contributed by atoms with Crippen molar-refractivity contribution in [2.45, 2.75) is 31.5 Å². The summed E-state index contributed by atoms with van der Waals surface area (Å²) in [6.07, 6.45) is 3.89.